The zero-order valence-corrected chi connectivity index (χ0v) is 16.5. The van der Waals surface area contributed by atoms with Gasteiger partial charge in [0.15, 0.2) is 0 Å². The van der Waals surface area contributed by atoms with E-state index in [1.807, 2.05) is 0 Å². The number of hydrogen-bond acceptors (Lipinski definition) is 3. The summed E-state index contributed by atoms with van der Waals surface area (Å²) in [6.45, 7) is 17.0. The maximum atomic E-state index is 11.4. The first-order valence-corrected chi connectivity index (χ1v) is 9.14. The molecule has 0 aromatic rings. The fourth-order valence-corrected chi connectivity index (χ4v) is 1.92. The number of amides is 2. The summed E-state index contributed by atoms with van der Waals surface area (Å²) < 4.78 is 0. The fourth-order valence-electron chi connectivity index (χ4n) is 1.92. The van der Waals surface area contributed by atoms with Gasteiger partial charge in [-0.15, -0.1) is 0 Å². The normalized spacial score (nSPS) is 10.5. The van der Waals surface area contributed by atoms with Crippen molar-refractivity contribution in [2.45, 2.75) is 65.8 Å². The van der Waals surface area contributed by atoms with Crippen LogP contribution in [0, 0.1) is 0 Å². The van der Waals surface area contributed by atoms with Crippen LogP contribution in [0.5, 0.6) is 0 Å². The molecule has 25 heavy (non-hydrogen) atoms. The Morgan fingerprint density at radius 3 is 2.28 bits per heavy atom. The molecule has 5 heteroatoms. The summed E-state index contributed by atoms with van der Waals surface area (Å²) in [5.74, 6) is -0.154. The average molecular weight is 352 g/mol. The first-order chi connectivity index (χ1) is 12.0. The Balaban J connectivity index is 0. The summed E-state index contributed by atoms with van der Waals surface area (Å²) >= 11 is 0. The van der Waals surface area contributed by atoms with Crippen LogP contribution in [0.15, 0.2) is 37.0 Å². The molecule has 5 nitrogen and oxygen atoms in total. The maximum Gasteiger partial charge on any atom is 0.241 e. The molecule has 0 unspecified atom stereocenters. The Hall–Kier alpha value is -1.88. The van der Waals surface area contributed by atoms with Crippen LogP contribution in [0.25, 0.3) is 0 Å². The smallest absolute Gasteiger partial charge is 0.241 e. The molecule has 0 saturated heterocycles. The van der Waals surface area contributed by atoms with Crippen LogP contribution in [0.2, 0.25) is 0 Å². The van der Waals surface area contributed by atoms with Crippen LogP contribution in [0.1, 0.15) is 59.8 Å². The van der Waals surface area contributed by atoms with Crippen LogP contribution in [-0.4, -0.2) is 36.5 Å². The van der Waals surface area contributed by atoms with Crippen molar-refractivity contribution >= 4 is 12.3 Å². The van der Waals surface area contributed by atoms with Crippen molar-refractivity contribution in [3.8, 4) is 0 Å². The molecule has 0 radical (unpaired) electrons. The van der Waals surface area contributed by atoms with Gasteiger partial charge in [0.25, 0.3) is 0 Å². The number of unbranched alkanes of at least 4 members (excludes halogenated alkanes) is 3. The van der Waals surface area contributed by atoms with Gasteiger partial charge >= 0.3 is 0 Å². The first-order valence-electron chi connectivity index (χ1n) is 9.14. The van der Waals surface area contributed by atoms with E-state index in [9.17, 15) is 9.59 Å². The Bertz CT molecular complexity index is 404. The van der Waals surface area contributed by atoms with Crippen molar-refractivity contribution in [3.05, 3.63) is 37.0 Å². The van der Waals surface area contributed by atoms with Gasteiger partial charge in [-0.05, 0) is 18.5 Å². The van der Waals surface area contributed by atoms with Crippen LogP contribution in [0.3, 0.4) is 0 Å². The second-order valence-electron chi connectivity index (χ2n) is 5.93. The largest absolute Gasteiger partial charge is 0.315 e. The van der Waals surface area contributed by atoms with Crippen LogP contribution in [0.4, 0.5) is 0 Å². The molecule has 0 aromatic heterocycles. The lowest BCUT2D eigenvalue weighted by molar-refractivity contribution is -0.136. The predicted octanol–water partition coefficient (Wildman–Crippen LogP) is 3.75. The van der Waals surface area contributed by atoms with Gasteiger partial charge in [-0.25, -0.2) is 5.01 Å². The first kappa shape index (κ1) is 25.4. The lowest BCUT2D eigenvalue weighted by Gasteiger charge is -2.20. The van der Waals surface area contributed by atoms with Gasteiger partial charge in [-0.3, -0.25) is 15.0 Å². The van der Waals surface area contributed by atoms with E-state index in [0.29, 0.717) is 25.4 Å². The molecule has 144 valence electrons. The lowest BCUT2D eigenvalue weighted by Crippen LogP contribution is -2.42. The van der Waals surface area contributed by atoms with Crippen LogP contribution in [-0.2, 0) is 9.59 Å². The third-order valence-electron chi connectivity index (χ3n) is 3.33. The Morgan fingerprint density at radius 2 is 1.84 bits per heavy atom. The number of hydrogen-bond donors (Lipinski definition) is 2. The van der Waals surface area contributed by atoms with E-state index >= 15 is 0 Å². The van der Waals surface area contributed by atoms with Gasteiger partial charge in [0, 0.05) is 12.5 Å². The molecule has 0 rings (SSSR count). The fraction of sp³-hybridized carbons (Fsp3) is 0.600. The molecular formula is C20H37N3O2. The molecule has 0 atom stereocenters. The minimum Gasteiger partial charge on any atom is -0.315 e. The van der Waals surface area contributed by atoms with E-state index in [1.54, 1.807) is 25.2 Å². The average Bonchev–Trinajstić information content (AvgIpc) is 2.60. The SMILES string of the molecule is C=C/C=C(\C=C)CN(NC=O)C(=O)CC.CCCCCCNC(C)C. The minimum atomic E-state index is -0.154. The van der Waals surface area contributed by atoms with Gasteiger partial charge in [-0.1, -0.05) is 78.3 Å². The molecular weight excluding hydrogens is 314 g/mol. The molecule has 0 heterocycles. The van der Waals surface area contributed by atoms with Gasteiger partial charge < -0.3 is 5.32 Å². The highest BCUT2D eigenvalue weighted by atomic mass is 16.2. The third-order valence-corrected chi connectivity index (χ3v) is 3.33. The number of carbonyl (C=O) groups excluding carboxylic acids is 2. The second-order valence-corrected chi connectivity index (χ2v) is 5.93. The molecule has 0 aliphatic heterocycles. The highest BCUT2D eigenvalue weighted by Crippen LogP contribution is 2.00. The summed E-state index contributed by atoms with van der Waals surface area (Å²) in [4.78, 5) is 21.7. The van der Waals surface area contributed by atoms with E-state index in [4.69, 9.17) is 0 Å². The lowest BCUT2D eigenvalue weighted by atomic mass is 10.2. The monoisotopic (exact) mass is 351 g/mol. The summed E-state index contributed by atoms with van der Waals surface area (Å²) in [6.07, 6.45) is 11.2. The molecule has 2 N–H and O–H groups in total. The van der Waals surface area contributed by atoms with Gasteiger partial charge in [0.1, 0.15) is 0 Å². The van der Waals surface area contributed by atoms with E-state index in [0.717, 1.165) is 5.57 Å². The molecule has 2 amide bonds. The highest BCUT2D eigenvalue weighted by Gasteiger charge is 2.10. The number of allylic oxidation sites excluding steroid dienone is 2. The summed E-state index contributed by atoms with van der Waals surface area (Å²) in [5, 5.41) is 4.64. The summed E-state index contributed by atoms with van der Waals surface area (Å²) in [7, 11) is 0. The second kappa shape index (κ2) is 18.5. The number of carbonyl (C=O) groups is 2. The molecule has 0 aromatic carbocycles. The van der Waals surface area contributed by atoms with E-state index in [-0.39, 0.29) is 5.91 Å². The predicted molar refractivity (Wildman–Crippen MR) is 107 cm³/mol. The van der Waals surface area contributed by atoms with Gasteiger partial charge in [-0.2, -0.15) is 0 Å². The highest BCUT2D eigenvalue weighted by molar-refractivity contribution is 5.77. The number of rotatable bonds is 13. The van der Waals surface area contributed by atoms with E-state index < -0.39 is 0 Å². The Morgan fingerprint density at radius 1 is 1.16 bits per heavy atom. The standard InChI is InChI=1S/C11H16N2O2.C9H21N/c1-4-7-10(5-2)8-13(12-9-14)11(15)6-3;1-4-5-6-7-8-10-9(2)3/h4-5,7,9H,1-2,6,8H2,3H3,(H,12,14);9-10H,4-8H2,1-3H3/b10-7+;. The molecule has 0 aliphatic rings. The molecule has 0 aliphatic carbocycles. The van der Waals surface area contributed by atoms with Crippen molar-refractivity contribution in [1.82, 2.24) is 15.8 Å². The van der Waals surface area contributed by atoms with Crippen molar-refractivity contribution in [2.75, 3.05) is 13.1 Å². The van der Waals surface area contributed by atoms with Crippen LogP contribution >= 0.6 is 0 Å². The van der Waals surface area contributed by atoms with Crippen molar-refractivity contribution < 1.29 is 9.59 Å². The zero-order chi connectivity index (χ0) is 19.5. The quantitative estimate of drug-likeness (QED) is 0.230. The topological polar surface area (TPSA) is 61.4 Å². The van der Waals surface area contributed by atoms with Gasteiger partial charge in [0.05, 0.1) is 6.54 Å². The van der Waals surface area contributed by atoms with Crippen molar-refractivity contribution in [1.29, 1.82) is 0 Å². The number of nitrogens with zero attached hydrogens (tertiary/aromatic N) is 1. The Kier molecular flexibility index (Phi) is 18.7. The zero-order valence-electron chi connectivity index (χ0n) is 16.5. The number of nitrogens with one attached hydrogen (secondary N) is 2. The molecule has 0 fully saturated rings. The molecule has 0 spiro atoms. The van der Waals surface area contributed by atoms with E-state index in [1.165, 1.54) is 37.2 Å². The third kappa shape index (κ3) is 16.8. The molecule has 0 bridgehead atoms. The maximum absolute atomic E-state index is 11.4. The van der Waals surface area contributed by atoms with Gasteiger partial charge in [0.2, 0.25) is 12.3 Å². The van der Waals surface area contributed by atoms with Crippen molar-refractivity contribution in [2.24, 2.45) is 0 Å². The van der Waals surface area contributed by atoms with Crippen LogP contribution < -0.4 is 10.7 Å². The van der Waals surface area contributed by atoms with E-state index in [2.05, 4.69) is 44.7 Å². The Labute approximate surface area is 154 Å². The number of hydrazine groups is 1. The molecule has 0 saturated carbocycles. The summed E-state index contributed by atoms with van der Waals surface area (Å²) in [6, 6.07) is 0.654. The van der Waals surface area contributed by atoms with Crippen molar-refractivity contribution in [3.63, 3.8) is 0 Å². The minimum absolute atomic E-state index is 0.154. The summed E-state index contributed by atoms with van der Waals surface area (Å²) in [5.41, 5.74) is 3.14.